The number of rotatable bonds is 10. The molecule has 0 fully saturated rings. The van der Waals surface area contributed by atoms with Crippen molar-refractivity contribution in [2.75, 3.05) is 23.3 Å². The van der Waals surface area contributed by atoms with Crippen LogP contribution >= 0.6 is 11.6 Å². The van der Waals surface area contributed by atoms with E-state index in [2.05, 4.69) is 10.6 Å². The second kappa shape index (κ2) is 12.9. The third-order valence-corrected chi connectivity index (χ3v) is 8.41. The summed E-state index contributed by atoms with van der Waals surface area (Å²) in [6.07, 6.45) is 0. The summed E-state index contributed by atoms with van der Waals surface area (Å²) in [5, 5.41) is 5.91. The summed E-state index contributed by atoms with van der Waals surface area (Å²) in [5.41, 5.74) is 2.37. The molecular formula is C31H30ClN3O5S. The van der Waals surface area contributed by atoms with Crippen LogP contribution < -0.4 is 19.7 Å². The first kappa shape index (κ1) is 29.6. The number of methoxy groups -OCH3 is 1. The third-order valence-electron chi connectivity index (χ3n) is 6.40. The number of nitrogens with one attached hydrogen (secondary N) is 2. The Balaban J connectivity index is 1.63. The molecule has 0 aromatic heterocycles. The molecule has 10 heteroatoms. The fourth-order valence-electron chi connectivity index (χ4n) is 4.20. The highest BCUT2D eigenvalue weighted by Gasteiger charge is 2.30. The molecule has 8 nitrogen and oxygen atoms in total. The number of hydrogen-bond donors (Lipinski definition) is 2. The molecule has 2 N–H and O–H groups in total. The molecule has 0 saturated carbocycles. The van der Waals surface area contributed by atoms with Crippen molar-refractivity contribution in [2.45, 2.75) is 24.8 Å². The van der Waals surface area contributed by atoms with Gasteiger partial charge in [-0.1, -0.05) is 71.8 Å². The van der Waals surface area contributed by atoms with Crippen molar-refractivity contribution in [2.24, 2.45) is 0 Å². The molecule has 0 aliphatic rings. The van der Waals surface area contributed by atoms with Gasteiger partial charge in [-0.25, -0.2) is 8.42 Å². The topological polar surface area (TPSA) is 105 Å². The molecule has 4 aromatic rings. The van der Waals surface area contributed by atoms with Gasteiger partial charge < -0.3 is 15.4 Å². The molecule has 212 valence electrons. The van der Waals surface area contributed by atoms with Gasteiger partial charge in [-0.3, -0.25) is 13.9 Å². The minimum absolute atomic E-state index is 0.00685. The highest BCUT2D eigenvalue weighted by atomic mass is 35.5. The van der Waals surface area contributed by atoms with Crippen LogP contribution in [-0.2, 0) is 14.8 Å². The van der Waals surface area contributed by atoms with Crippen molar-refractivity contribution in [3.8, 4) is 5.75 Å². The maximum atomic E-state index is 13.8. The first-order valence-electron chi connectivity index (χ1n) is 12.8. The van der Waals surface area contributed by atoms with Crippen molar-refractivity contribution < 1.29 is 22.7 Å². The second-order valence-corrected chi connectivity index (χ2v) is 11.6. The van der Waals surface area contributed by atoms with Crippen molar-refractivity contribution in [3.05, 3.63) is 119 Å². The minimum Gasteiger partial charge on any atom is -0.495 e. The van der Waals surface area contributed by atoms with Gasteiger partial charge in [-0.15, -0.1) is 0 Å². The number of ether oxygens (including phenoxy) is 1. The molecule has 0 spiro atoms. The normalized spacial score (nSPS) is 11.8. The average Bonchev–Trinajstić information content (AvgIpc) is 2.96. The smallest absolute Gasteiger partial charge is 0.264 e. The van der Waals surface area contributed by atoms with Gasteiger partial charge in [-0.05, 0) is 61.9 Å². The van der Waals surface area contributed by atoms with Gasteiger partial charge in [0.25, 0.3) is 15.9 Å². The molecule has 4 rings (SSSR count). The molecule has 0 radical (unpaired) electrons. The predicted molar refractivity (Wildman–Crippen MR) is 161 cm³/mol. The summed E-state index contributed by atoms with van der Waals surface area (Å²) in [5.74, 6) is -0.843. The summed E-state index contributed by atoms with van der Waals surface area (Å²) < 4.78 is 34.0. The van der Waals surface area contributed by atoms with E-state index in [4.69, 9.17) is 16.3 Å². The Labute approximate surface area is 245 Å². The van der Waals surface area contributed by atoms with Gasteiger partial charge in [0.1, 0.15) is 12.3 Å². The van der Waals surface area contributed by atoms with Crippen LogP contribution in [0.5, 0.6) is 5.75 Å². The molecule has 4 aromatic carbocycles. The highest BCUT2D eigenvalue weighted by Crippen LogP contribution is 2.35. The van der Waals surface area contributed by atoms with Crippen molar-refractivity contribution in [1.82, 2.24) is 5.32 Å². The summed E-state index contributed by atoms with van der Waals surface area (Å²) in [4.78, 5) is 26.6. The van der Waals surface area contributed by atoms with Crippen LogP contribution in [0.3, 0.4) is 0 Å². The lowest BCUT2D eigenvalue weighted by molar-refractivity contribution is -0.114. The number of benzene rings is 4. The number of carbonyl (C=O) groups is 2. The third kappa shape index (κ3) is 7.06. The molecule has 0 heterocycles. The number of sulfonamides is 1. The summed E-state index contributed by atoms with van der Waals surface area (Å²) in [6.45, 7) is 3.10. The number of carbonyl (C=O) groups excluding carboxylic acids is 2. The Bertz CT molecular complexity index is 1640. The highest BCUT2D eigenvalue weighted by molar-refractivity contribution is 7.92. The van der Waals surface area contributed by atoms with Crippen molar-refractivity contribution in [3.63, 3.8) is 0 Å². The van der Waals surface area contributed by atoms with Gasteiger partial charge >= 0.3 is 0 Å². The minimum atomic E-state index is -4.23. The van der Waals surface area contributed by atoms with E-state index in [1.807, 2.05) is 44.2 Å². The van der Waals surface area contributed by atoms with Gasteiger partial charge in [0.05, 0.1) is 35.0 Å². The lowest BCUT2D eigenvalue weighted by Gasteiger charge is -2.26. The molecule has 0 bridgehead atoms. The van der Waals surface area contributed by atoms with Crippen LogP contribution in [0.25, 0.3) is 0 Å². The monoisotopic (exact) mass is 591 g/mol. The van der Waals surface area contributed by atoms with E-state index < -0.39 is 28.4 Å². The van der Waals surface area contributed by atoms with E-state index >= 15 is 0 Å². The van der Waals surface area contributed by atoms with Crippen LogP contribution in [0.1, 0.15) is 34.5 Å². The number of anilines is 2. The molecule has 0 unspecified atom stereocenters. The van der Waals surface area contributed by atoms with E-state index in [0.717, 1.165) is 15.4 Å². The number of hydrogen-bond acceptors (Lipinski definition) is 5. The van der Waals surface area contributed by atoms with Crippen molar-refractivity contribution in [1.29, 1.82) is 0 Å². The lowest BCUT2D eigenvalue weighted by atomic mass is 10.1. The van der Waals surface area contributed by atoms with Gasteiger partial charge in [0.2, 0.25) is 5.91 Å². The summed E-state index contributed by atoms with van der Waals surface area (Å²) in [7, 11) is -2.83. The zero-order valence-corrected chi connectivity index (χ0v) is 24.4. The first-order chi connectivity index (χ1) is 19.6. The molecule has 1 atom stereocenters. The second-order valence-electron chi connectivity index (χ2n) is 9.34. The van der Waals surface area contributed by atoms with Crippen LogP contribution in [0.15, 0.2) is 102 Å². The summed E-state index contributed by atoms with van der Waals surface area (Å²) >= 11 is 6.22. The lowest BCUT2D eigenvalue weighted by Crippen LogP contribution is -2.38. The number of nitrogens with zero attached hydrogens (tertiary/aromatic N) is 1. The van der Waals surface area contributed by atoms with Crippen LogP contribution in [0.2, 0.25) is 5.02 Å². The van der Waals surface area contributed by atoms with E-state index in [1.54, 1.807) is 42.5 Å². The van der Waals surface area contributed by atoms with E-state index in [1.165, 1.54) is 31.4 Å². The average molecular weight is 592 g/mol. The zero-order chi connectivity index (χ0) is 29.6. The molecule has 0 aliphatic carbocycles. The standard InChI is InChI=1S/C31H30ClN3O5S/c1-21-13-16-25(17-14-21)41(38,39)35(28-19-24(32)15-18-29(28)40-3)20-30(36)34-27-12-8-7-11-26(27)31(37)33-22(2)23-9-5-4-6-10-23/h4-19,22H,20H2,1-3H3,(H,33,37)(H,34,36)/t22-/m1/s1. The largest absolute Gasteiger partial charge is 0.495 e. The van der Waals surface area contributed by atoms with Crippen LogP contribution in [-0.4, -0.2) is 33.9 Å². The van der Waals surface area contributed by atoms with E-state index in [-0.39, 0.29) is 38.6 Å². The Morgan fingerprint density at radius 1 is 0.927 bits per heavy atom. The fourth-order valence-corrected chi connectivity index (χ4v) is 5.79. The maximum Gasteiger partial charge on any atom is 0.264 e. The Morgan fingerprint density at radius 3 is 2.27 bits per heavy atom. The number of amides is 2. The fraction of sp³-hybridized carbons (Fsp3) is 0.161. The maximum absolute atomic E-state index is 13.8. The first-order valence-corrected chi connectivity index (χ1v) is 14.6. The molecule has 0 aliphatic heterocycles. The quantitative estimate of drug-likeness (QED) is 0.236. The van der Waals surface area contributed by atoms with E-state index in [9.17, 15) is 18.0 Å². The van der Waals surface area contributed by atoms with Crippen LogP contribution in [0.4, 0.5) is 11.4 Å². The Hall–Kier alpha value is -4.34. The summed E-state index contributed by atoms with van der Waals surface area (Å²) in [6, 6.07) is 26.5. The zero-order valence-electron chi connectivity index (χ0n) is 22.8. The van der Waals surface area contributed by atoms with Gasteiger partial charge in [0.15, 0.2) is 0 Å². The number of halogens is 1. The Kier molecular flexibility index (Phi) is 9.31. The molecule has 41 heavy (non-hydrogen) atoms. The number of aryl methyl sites for hydroxylation is 1. The molecule has 2 amide bonds. The molecule has 0 saturated heterocycles. The van der Waals surface area contributed by atoms with Crippen molar-refractivity contribution >= 4 is 44.8 Å². The predicted octanol–water partition coefficient (Wildman–Crippen LogP) is 5.98. The van der Waals surface area contributed by atoms with Gasteiger partial charge in [0, 0.05) is 5.02 Å². The SMILES string of the molecule is COc1ccc(Cl)cc1N(CC(=O)Nc1ccccc1C(=O)N[C@H](C)c1ccccc1)S(=O)(=O)c1ccc(C)cc1. The Morgan fingerprint density at radius 2 is 1.59 bits per heavy atom. The van der Waals surface area contributed by atoms with E-state index in [0.29, 0.717) is 0 Å². The molecular weight excluding hydrogens is 562 g/mol. The number of para-hydroxylation sites is 1. The van der Waals surface area contributed by atoms with Gasteiger partial charge in [-0.2, -0.15) is 0 Å². The van der Waals surface area contributed by atoms with Crippen LogP contribution in [0, 0.1) is 6.92 Å².